The largest absolute Gasteiger partial charge is 0.348 e. The SMILES string of the molecule is O=C(NCc1ccccc1)c1ccc(NC(=O)N2CCCCc3ccccc32)cc1. The van der Waals surface area contributed by atoms with Crippen LogP contribution in [0, 0.1) is 0 Å². The van der Waals surface area contributed by atoms with Crippen molar-refractivity contribution in [1.82, 2.24) is 5.32 Å². The number of benzene rings is 3. The van der Waals surface area contributed by atoms with Gasteiger partial charge in [0.05, 0.1) is 0 Å². The number of carbonyl (C=O) groups excluding carboxylic acids is 2. The molecule has 5 nitrogen and oxygen atoms in total. The average molecular weight is 399 g/mol. The lowest BCUT2D eigenvalue weighted by Crippen LogP contribution is -2.35. The first-order chi connectivity index (χ1) is 14.7. The Morgan fingerprint density at radius 1 is 0.833 bits per heavy atom. The number of hydrogen-bond acceptors (Lipinski definition) is 2. The van der Waals surface area contributed by atoms with E-state index in [0.29, 0.717) is 24.3 Å². The van der Waals surface area contributed by atoms with Crippen LogP contribution in [0.4, 0.5) is 16.2 Å². The lowest BCUT2D eigenvalue weighted by Gasteiger charge is -2.23. The van der Waals surface area contributed by atoms with Crippen LogP contribution in [-0.4, -0.2) is 18.5 Å². The third-order valence-electron chi connectivity index (χ3n) is 5.30. The van der Waals surface area contributed by atoms with Gasteiger partial charge in [-0.1, -0.05) is 48.5 Å². The van der Waals surface area contributed by atoms with E-state index in [-0.39, 0.29) is 11.9 Å². The molecule has 3 aromatic rings. The molecule has 0 atom stereocenters. The zero-order valence-electron chi connectivity index (χ0n) is 16.8. The molecule has 1 aliphatic heterocycles. The summed E-state index contributed by atoms with van der Waals surface area (Å²) in [6, 6.07) is 24.7. The molecule has 30 heavy (non-hydrogen) atoms. The average Bonchev–Trinajstić information content (AvgIpc) is 3.01. The number of aryl methyl sites for hydroxylation is 1. The molecule has 0 saturated carbocycles. The number of rotatable bonds is 4. The van der Waals surface area contributed by atoms with Crippen molar-refractivity contribution in [2.24, 2.45) is 0 Å². The number of anilines is 2. The van der Waals surface area contributed by atoms with Crippen LogP contribution >= 0.6 is 0 Å². The summed E-state index contributed by atoms with van der Waals surface area (Å²) in [5.41, 5.74) is 4.46. The van der Waals surface area contributed by atoms with Crippen LogP contribution in [0.15, 0.2) is 78.9 Å². The monoisotopic (exact) mass is 399 g/mol. The molecular weight excluding hydrogens is 374 g/mol. The van der Waals surface area contributed by atoms with Crippen molar-refractivity contribution in [3.8, 4) is 0 Å². The highest BCUT2D eigenvalue weighted by atomic mass is 16.2. The number of nitrogens with zero attached hydrogens (tertiary/aromatic N) is 1. The molecule has 4 rings (SSSR count). The summed E-state index contributed by atoms with van der Waals surface area (Å²) >= 11 is 0. The highest BCUT2D eigenvalue weighted by Gasteiger charge is 2.21. The Balaban J connectivity index is 1.38. The zero-order chi connectivity index (χ0) is 20.8. The minimum absolute atomic E-state index is 0.141. The van der Waals surface area contributed by atoms with Crippen LogP contribution in [0.25, 0.3) is 0 Å². The molecule has 3 amide bonds. The number of hydrogen-bond donors (Lipinski definition) is 2. The molecule has 0 radical (unpaired) electrons. The highest BCUT2D eigenvalue weighted by Crippen LogP contribution is 2.26. The van der Waals surface area contributed by atoms with E-state index in [4.69, 9.17) is 0 Å². The summed E-state index contributed by atoms with van der Waals surface area (Å²) in [4.78, 5) is 27.1. The fraction of sp³-hybridized carbons (Fsp3) is 0.200. The van der Waals surface area contributed by atoms with Gasteiger partial charge in [-0.25, -0.2) is 4.79 Å². The summed E-state index contributed by atoms with van der Waals surface area (Å²) in [7, 11) is 0. The van der Waals surface area contributed by atoms with Crippen LogP contribution in [-0.2, 0) is 13.0 Å². The van der Waals surface area contributed by atoms with Crippen LogP contribution in [0.1, 0.15) is 34.3 Å². The van der Waals surface area contributed by atoms with Gasteiger partial charge in [0.15, 0.2) is 0 Å². The normalized spacial score (nSPS) is 13.1. The summed E-state index contributed by atoms with van der Waals surface area (Å²) in [6.45, 7) is 1.18. The van der Waals surface area contributed by atoms with Gasteiger partial charge in [-0.05, 0) is 60.7 Å². The second-order valence-electron chi connectivity index (χ2n) is 7.41. The molecule has 0 saturated heterocycles. The Hall–Kier alpha value is -3.60. The van der Waals surface area contributed by atoms with Gasteiger partial charge >= 0.3 is 6.03 Å². The van der Waals surface area contributed by atoms with E-state index in [1.165, 1.54) is 5.56 Å². The quantitative estimate of drug-likeness (QED) is 0.649. The molecule has 0 unspecified atom stereocenters. The first-order valence-electron chi connectivity index (χ1n) is 10.3. The maximum absolute atomic E-state index is 12.9. The van der Waals surface area contributed by atoms with Gasteiger partial charge < -0.3 is 10.6 Å². The molecule has 1 aliphatic rings. The molecule has 5 heteroatoms. The molecule has 3 aromatic carbocycles. The van der Waals surface area contributed by atoms with Gasteiger partial charge in [0.2, 0.25) is 0 Å². The molecule has 0 fully saturated rings. The maximum atomic E-state index is 12.9. The Morgan fingerprint density at radius 2 is 1.57 bits per heavy atom. The summed E-state index contributed by atoms with van der Waals surface area (Å²) < 4.78 is 0. The van der Waals surface area contributed by atoms with Gasteiger partial charge in [0, 0.05) is 30.0 Å². The molecule has 0 aliphatic carbocycles. The van der Waals surface area contributed by atoms with E-state index >= 15 is 0 Å². The molecule has 0 aromatic heterocycles. The standard InChI is InChI=1S/C25H25N3O2/c29-24(26-18-19-8-2-1-3-9-19)21-13-15-22(16-14-21)27-25(30)28-17-7-6-11-20-10-4-5-12-23(20)28/h1-5,8-10,12-16H,6-7,11,17-18H2,(H,26,29)(H,27,30). The van der Waals surface area contributed by atoms with Crippen molar-refractivity contribution in [3.63, 3.8) is 0 Å². The summed E-state index contributed by atoms with van der Waals surface area (Å²) in [5, 5.41) is 5.87. The van der Waals surface area contributed by atoms with Gasteiger partial charge in [0.25, 0.3) is 5.91 Å². The molecule has 0 bridgehead atoms. The summed E-state index contributed by atoms with van der Waals surface area (Å²) in [6.07, 6.45) is 3.04. The minimum Gasteiger partial charge on any atom is -0.348 e. The predicted octanol–water partition coefficient (Wildman–Crippen LogP) is 4.99. The van der Waals surface area contributed by atoms with Gasteiger partial charge in [-0.2, -0.15) is 0 Å². The smallest absolute Gasteiger partial charge is 0.326 e. The van der Waals surface area contributed by atoms with Crippen molar-refractivity contribution < 1.29 is 9.59 Å². The lowest BCUT2D eigenvalue weighted by molar-refractivity contribution is 0.0951. The second kappa shape index (κ2) is 9.27. The van der Waals surface area contributed by atoms with Gasteiger partial charge in [-0.3, -0.25) is 9.69 Å². The number of urea groups is 1. The Bertz CT molecular complexity index is 1020. The van der Waals surface area contributed by atoms with Crippen LogP contribution in [0.2, 0.25) is 0 Å². The van der Waals surface area contributed by atoms with E-state index in [1.807, 2.05) is 53.4 Å². The van der Waals surface area contributed by atoms with Gasteiger partial charge in [0.1, 0.15) is 0 Å². The van der Waals surface area contributed by atoms with Crippen molar-refractivity contribution in [2.45, 2.75) is 25.8 Å². The number of fused-ring (bicyclic) bond motifs is 1. The maximum Gasteiger partial charge on any atom is 0.326 e. The van der Waals surface area contributed by atoms with Crippen LogP contribution in [0.5, 0.6) is 0 Å². The Kier molecular flexibility index (Phi) is 6.09. The van der Waals surface area contributed by atoms with Crippen molar-refractivity contribution in [3.05, 3.63) is 95.6 Å². The second-order valence-corrected chi connectivity index (χ2v) is 7.41. The molecule has 1 heterocycles. The predicted molar refractivity (Wildman–Crippen MR) is 120 cm³/mol. The lowest BCUT2D eigenvalue weighted by atomic mass is 10.1. The van der Waals surface area contributed by atoms with E-state index in [0.717, 1.165) is 30.5 Å². The van der Waals surface area contributed by atoms with E-state index in [9.17, 15) is 9.59 Å². The highest BCUT2D eigenvalue weighted by molar-refractivity contribution is 6.02. The number of nitrogens with one attached hydrogen (secondary N) is 2. The third-order valence-corrected chi connectivity index (χ3v) is 5.30. The summed E-state index contributed by atoms with van der Waals surface area (Å²) in [5.74, 6) is -0.141. The van der Waals surface area contributed by atoms with Crippen molar-refractivity contribution in [2.75, 3.05) is 16.8 Å². The molecular formula is C25H25N3O2. The van der Waals surface area contributed by atoms with Crippen LogP contribution < -0.4 is 15.5 Å². The van der Waals surface area contributed by atoms with Crippen molar-refractivity contribution in [1.29, 1.82) is 0 Å². The number of para-hydroxylation sites is 1. The number of carbonyl (C=O) groups is 2. The fourth-order valence-corrected chi connectivity index (χ4v) is 3.68. The van der Waals surface area contributed by atoms with E-state index < -0.39 is 0 Å². The molecule has 0 spiro atoms. The Labute approximate surface area is 176 Å². The van der Waals surface area contributed by atoms with Crippen molar-refractivity contribution >= 4 is 23.3 Å². The molecule has 2 N–H and O–H groups in total. The zero-order valence-corrected chi connectivity index (χ0v) is 16.8. The van der Waals surface area contributed by atoms with Gasteiger partial charge in [-0.15, -0.1) is 0 Å². The number of amides is 3. The first-order valence-corrected chi connectivity index (χ1v) is 10.3. The fourth-order valence-electron chi connectivity index (χ4n) is 3.68. The first kappa shape index (κ1) is 19.7. The third kappa shape index (κ3) is 4.69. The minimum atomic E-state index is -0.148. The Morgan fingerprint density at radius 3 is 2.37 bits per heavy atom. The van der Waals surface area contributed by atoms with E-state index in [1.54, 1.807) is 24.3 Å². The van der Waals surface area contributed by atoms with E-state index in [2.05, 4.69) is 16.7 Å². The molecule has 152 valence electrons. The van der Waals surface area contributed by atoms with Crippen LogP contribution in [0.3, 0.4) is 0 Å². The topological polar surface area (TPSA) is 61.4 Å².